The van der Waals surface area contributed by atoms with Crippen LogP contribution in [0.3, 0.4) is 0 Å². The van der Waals surface area contributed by atoms with Crippen molar-refractivity contribution < 1.29 is 5.11 Å². The summed E-state index contributed by atoms with van der Waals surface area (Å²) < 4.78 is 1.59. The van der Waals surface area contributed by atoms with Gasteiger partial charge in [-0.15, -0.1) is 0 Å². The van der Waals surface area contributed by atoms with E-state index < -0.39 is 0 Å². The predicted octanol–water partition coefficient (Wildman–Crippen LogP) is 1.99. The Bertz CT molecular complexity index is 543. The van der Waals surface area contributed by atoms with Crippen LogP contribution in [-0.4, -0.2) is 14.9 Å². The van der Waals surface area contributed by atoms with E-state index in [1.165, 1.54) is 0 Å². The van der Waals surface area contributed by atoms with Gasteiger partial charge in [0.25, 0.3) is 0 Å². The second kappa shape index (κ2) is 3.56. The van der Waals surface area contributed by atoms with E-state index in [2.05, 4.69) is 5.10 Å². The minimum atomic E-state index is 0.239. The Morgan fingerprint density at radius 1 is 1.31 bits per heavy atom. The molecule has 1 aromatic carbocycles. The second-order valence-corrected chi connectivity index (χ2v) is 3.97. The van der Waals surface area contributed by atoms with Gasteiger partial charge in [0.05, 0.1) is 6.20 Å². The highest BCUT2D eigenvalue weighted by atomic mass is 16.3. The van der Waals surface area contributed by atoms with E-state index in [0.717, 1.165) is 22.3 Å². The zero-order valence-corrected chi connectivity index (χ0v) is 9.65. The fraction of sp³-hybridized carbons (Fsp3) is 0.250. The monoisotopic (exact) mass is 217 g/mol. The number of hydrogen-bond donors (Lipinski definition) is 2. The Hall–Kier alpha value is -1.97. The maximum Gasteiger partial charge on any atom is 0.129 e. The lowest BCUT2D eigenvalue weighted by atomic mass is 9.97. The molecule has 0 bridgehead atoms. The molecule has 0 amide bonds. The van der Waals surface area contributed by atoms with Crippen LogP contribution in [0.5, 0.6) is 5.75 Å². The number of rotatable bonds is 1. The van der Waals surface area contributed by atoms with Crippen LogP contribution in [0.15, 0.2) is 18.3 Å². The first-order valence-corrected chi connectivity index (χ1v) is 5.09. The average molecular weight is 217 g/mol. The molecular weight excluding hydrogens is 202 g/mol. The van der Waals surface area contributed by atoms with Gasteiger partial charge in [-0.3, -0.25) is 4.68 Å². The van der Waals surface area contributed by atoms with Crippen molar-refractivity contribution in [3.05, 3.63) is 29.5 Å². The number of nitrogens with zero attached hydrogens (tertiary/aromatic N) is 2. The molecule has 2 rings (SSSR count). The van der Waals surface area contributed by atoms with E-state index in [-0.39, 0.29) is 5.75 Å². The second-order valence-electron chi connectivity index (χ2n) is 3.97. The minimum Gasteiger partial charge on any atom is -0.507 e. The zero-order valence-electron chi connectivity index (χ0n) is 9.65. The van der Waals surface area contributed by atoms with Crippen molar-refractivity contribution >= 4 is 5.82 Å². The van der Waals surface area contributed by atoms with Gasteiger partial charge in [-0.1, -0.05) is 6.07 Å². The molecule has 2 aromatic rings. The molecule has 4 heteroatoms. The Morgan fingerprint density at radius 3 is 2.56 bits per heavy atom. The number of aromatic hydroxyl groups is 1. The Labute approximate surface area is 94.3 Å². The van der Waals surface area contributed by atoms with Crippen molar-refractivity contribution in [1.29, 1.82) is 0 Å². The lowest BCUT2D eigenvalue weighted by molar-refractivity contribution is 0.477. The summed E-state index contributed by atoms with van der Waals surface area (Å²) in [6.45, 7) is 3.97. The molecule has 0 saturated carbocycles. The number of aromatic nitrogens is 2. The topological polar surface area (TPSA) is 64.1 Å². The van der Waals surface area contributed by atoms with Crippen LogP contribution in [0.25, 0.3) is 11.1 Å². The first kappa shape index (κ1) is 10.5. The fourth-order valence-electron chi connectivity index (χ4n) is 1.78. The van der Waals surface area contributed by atoms with Gasteiger partial charge in [0.1, 0.15) is 11.6 Å². The summed E-state index contributed by atoms with van der Waals surface area (Å²) in [5.41, 5.74) is 9.61. The molecule has 16 heavy (non-hydrogen) atoms. The van der Waals surface area contributed by atoms with Gasteiger partial charge in [-0.2, -0.15) is 5.10 Å². The van der Waals surface area contributed by atoms with Crippen LogP contribution in [-0.2, 0) is 7.05 Å². The molecule has 84 valence electrons. The van der Waals surface area contributed by atoms with E-state index in [1.54, 1.807) is 24.0 Å². The number of hydrogen-bond acceptors (Lipinski definition) is 3. The van der Waals surface area contributed by atoms with E-state index in [9.17, 15) is 5.11 Å². The molecule has 0 aliphatic rings. The first-order chi connectivity index (χ1) is 7.52. The average Bonchev–Trinajstić information content (AvgIpc) is 2.56. The van der Waals surface area contributed by atoms with Gasteiger partial charge in [-0.05, 0) is 31.0 Å². The SMILES string of the molecule is Cc1ccc(O)c(-c2cnn(C)c2N)c1C. The van der Waals surface area contributed by atoms with E-state index in [1.807, 2.05) is 19.9 Å². The lowest BCUT2D eigenvalue weighted by Gasteiger charge is -2.10. The number of aryl methyl sites for hydroxylation is 2. The largest absolute Gasteiger partial charge is 0.507 e. The first-order valence-electron chi connectivity index (χ1n) is 5.09. The molecular formula is C12H15N3O. The summed E-state index contributed by atoms with van der Waals surface area (Å²) >= 11 is 0. The standard InChI is InChI=1S/C12H15N3O/c1-7-4-5-10(16)11(8(7)2)9-6-14-15(3)12(9)13/h4-6,16H,13H2,1-3H3. The number of phenols is 1. The smallest absolute Gasteiger partial charge is 0.129 e. The van der Waals surface area contributed by atoms with Gasteiger partial charge in [-0.25, -0.2) is 0 Å². The zero-order chi connectivity index (χ0) is 11.9. The highest BCUT2D eigenvalue weighted by molar-refractivity contribution is 5.81. The molecule has 4 nitrogen and oxygen atoms in total. The molecule has 0 unspecified atom stereocenters. The van der Waals surface area contributed by atoms with Crippen LogP contribution < -0.4 is 5.73 Å². The number of nitrogens with two attached hydrogens (primary N) is 1. The Balaban J connectivity index is 2.73. The molecule has 1 heterocycles. The molecule has 0 spiro atoms. The van der Waals surface area contributed by atoms with Crippen LogP contribution >= 0.6 is 0 Å². The third-order valence-electron chi connectivity index (χ3n) is 2.97. The third kappa shape index (κ3) is 1.43. The van der Waals surface area contributed by atoms with E-state index in [0.29, 0.717) is 5.82 Å². The van der Waals surface area contributed by atoms with Crippen molar-refractivity contribution in [1.82, 2.24) is 9.78 Å². The molecule has 0 aliphatic heterocycles. The lowest BCUT2D eigenvalue weighted by Crippen LogP contribution is -1.99. The molecule has 0 saturated heterocycles. The Morgan fingerprint density at radius 2 is 2.00 bits per heavy atom. The normalized spacial score (nSPS) is 10.7. The number of benzene rings is 1. The summed E-state index contributed by atoms with van der Waals surface area (Å²) in [4.78, 5) is 0. The van der Waals surface area contributed by atoms with E-state index in [4.69, 9.17) is 5.73 Å². The van der Waals surface area contributed by atoms with Crippen LogP contribution in [0.1, 0.15) is 11.1 Å². The molecule has 0 fully saturated rings. The highest BCUT2D eigenvalue weighted by Gasteiger charge is 2.15. The minimum absolute atomic E-state index is 0.239. The number of anilines is 1. The van der Waals surface area contributed by atoms with Crippen molar-refractivity contribution in [2.24, 2.45) is 7.05 Å². The van der Waals surface area contributed by atoms with Crippen LogP contribution in [0.2, 0.25) is 0 Å². The summed E-state index contributed by atoms with van der Waals surface area (Å²) in [6.07, 6.45) is 1.68. The molecule has 1 aromatic heterocycles. The summed E-state index contributed by atoms with van der Waals surface area (Å²) in [7, 11) is 1.78. The predicted molar refractivity (Wildman–Crippen MR) is 64.2 cm³/mol. The third-order valence-corrected chi connectivity index (χ3v) is 2.97. The van der Waals surface area contributed by atoms with Crippen molar-refractivity contribution in [2.75, 3.05) is 5.73 Å². The van der Waals surface area contributed by atoms with Crippen molar-refractivity contribution in [3.63, 3.8) is 0 Å². The molecule has 0 atom stereocenters. The summed E-state index contributed by atoms with van der Waals surface area (Å²) in [5.74, 6) is 0.798. The van der Waals surface area contributed by atoms with Crippen molar-refractivity contribution in [3.8, 4) is 16.9 Å². The van der Waals surface area contributed by atoms with Gasteiger partial charge in [0.2, 0.25) is 0 Å². The van der Waals surface area contributed by atoms with Gasteiger partial charge in [0, 0.05) is 18.2 Å². The van der Waals surface area contributed by atoms with Crippen molar-refractivity contribution in [2.45, 2.75) is 13.8 Å². The number of phenolic OH excluding ortho intramolecular Hbond substituents is 1. The summed E-state index contributed by atoms with van der Waals surface area (Å²) in [5, 5.41) is 14.0. The van der Waals surface area contributed by atoms with Crippen LogP contribution in [0.4, 0.5) is 5.82 Å². The molecule has 3 N–H and O–H groups in total. The highest BCUT2D eigenvalue weighted by Crippen LogP contribution is 2.36. The summed E-state index contributed by atoms with van der Waals surface area (Å²) in [6, 6.07) is 3.57. The van der Waals surface area contributed by atoms with E-state index >= 15 is 0 Å². The maximum atomic E-state index is 9.91. The number of nitrogen functional groups attached to an aromatic ring is 1. The van der Waals surface area contributed by atoms with Gasteiger partial charge < -0.3 is 10.8 Å². The molecule has 0 radical (unpaired) electrons. The van der Waals surface area contributed by atoms with Gasteiger partial charge >= 0.3 is 0 Å². The maximum absolute atomic E-state index is 9.91. The Kier molecular flexibility index (Phi) is 2.34. The van der Waals surface area contributed by atoms with Gasteiger partial charge in [0.15, 0.2) is 0 Å². The fourth-order valence-corrected chi connectivity index (χ4v) is 1.78. The van der Waals surface area contributed by atoms with Crippen LogP contribution in [0, 0.1) is 13.8 Å². The quantitative estimate of drug-likeness (QED) is 0.767. The molecule has 0 aliphatic carbocycles.